The zero-order valence-electron chi connectivity index (χ0n) is 13.5. The Morgan fingerprint density at radius 3 is 2.88 bits per heavy atom. The Morgan fingerprint density at radius 1 is 1.19 bits per heavy atom. The minimum atomic E-state index is -0.725. The molecule has 0 radical (unpaired) electrons. The number of rotatable bonds is 4. The molecule has 2 aromatic carbocycles. The summed E-state index contributed by atoms with van der Waals surface area (Å²) in [6, 6.07) is 14.8. The summed E-state index contributed by atoms with van der Waals surface area (Å²) in [7, 11) is 0. The Morgan fingerprint density at radius 2 is 2.04 bits per heavy atom. The van der Waals surface area contributed by atoms with Crippen LogP contribution in [0.5, 0.6) is 11.5 Å². The zero-order valence-corrected chi connectivity index (χ0v) is 15.1. The van der Waals surface area contributed by atoms with E-state index in [2.05, 4.69) is 31.4 Å². The first-order valence-electron chi connectivity index (χ1n) is 7.94. The Kier molecular flexibility index (Phi) is 4.57. The molecule has 26 heavy (non-hydrogen) atoms. The van der Waals surface area contributed by atoms with Crippen molar-refractivity contribution in [3.05, 3.63) is 58.9 Å². The third-order valence-electron chi connectivity index (χ3n) is 3.77. The molecular weight excluding hydrogens is 402 g/mol. The van der Waals surface area contributed by atoms with Crippen molar-refractivity contribution >= 4 is 21.8 Å². The third-order valence-corrected chi connectivity index (χ3v) is 4.26. The summed E-state index contributed by atoms with van der Waals surface area (Å²) in [5.41, 5.74) is 0.821. The van der Waals surface area contributed by atoms with Gasteiger partial charge in [-0.3, -0.25) is 4.79 Å². The van der Waals surface area contributed by atoms with Gasteiger partial charge in [-0.05, 0) is 24.3 Å². The maximum absolute atomic E-state index is 12.3. The summed E-state index contributed by atoms with van der Waals surface area (Å²) in [5.74, 6) is 1.65. The number of amides is 1. The average Bonchev–Trinajstić information content (AvgIpc) is 3.15. The number of para-hydroxylation sites is 2. The number of aromatic nitrogens is 2. The van der Waals surface area contributed by atoms with Gasteiger partial charge in [0.2, 0.25) is 17.8 Å². The van der Waals surface area contributed by atoms with E-state index in [0.29, 0.717) is 23.2 Å². The molecule has 7 nitrogen and oxygen atoms in total. The van der Waals surface area contributed by atoms with Crippen molar-refractivity contribution in [1.29, 1.82) is 0 Å². The van der Waals surface area contributed by atoms with Crippen LogP contribution in [0.2, 0.25) is 0 Å². The van der Waals surface area contributed by atoms with Crippen LogP contribution in [0.15, 0.2) is 57.5 Å². The molecule has 1 atom stereocenters. The predicted molar refractivity (Wildman–Crippen MR) is 95.6 cm³/mol. The molecule has 0 fully saturated rings. The predicted octanol–water partition coefficient (Wildman–Crippen LogP) is 2.96. The molecule has 132 valence electrons. The molecule has 2 heterocycles. The monoisotopic (exact) mass is 415 g/mol. The van der Waals surface area contributed by atoms with E-state index < -0.39 is 6.10 Å². The highest BCUT2D eigenvalue weighted by Gasteiger charge is 2.27. The van der Waals surface area contributed by atoms with Crippen molar-refractivity contribution in [2.45, 2.75) is 12.6 Å². The highest BCUT2D eigenvalue weighted by Crippen LogP contribution is 2.30. The van der Waals surface area contributed by atoms with E-state index in [9.17, 15) is 4.79 Å². The molecule has 0 unspecified atom stereocenters. The number of ether oxygens (including phenoxy) is 2. The number of nitrogens with one attached hydrogen (secondary N) is 1. The van der Waals surface area contributed by atoms with Crippen LogP contribution >= 0.6 is 15.9 Å². The lowest BCUT2D eigenvalue weighted by Gasteiger charge is -2.25. The number of hydrogen-bond donors (Lipinski definition) is 1. The molecule has 8 heteroatoms. The van der Waals surface area contributed by atoms with Gasteiger partial charge in [-0.25, -0.2) is 0 Å². The van der Waals surface area contributed by atoms with E-state index in [0.717, 1.165) is 10.0 Å². The Bertz CT molecular complexity index is 943. The molecule has 0 aliphatic carbocycles. The summed E-state index contributed by atoms with van der Waals surface area (Å²) >= 11 is 3.40. The number of benzene rings is 2. The van der Waals surface area contributed by atoms with Crippen LogP contribution in [0.4, 0.5) is 0 Å². The maximum atomic E-state index is 12.3. The van der Waals surface area contributed by atoms with Gasteiger partial charge in [-0.15, -0.1) is 0 Å². The number of halogens is 1. The van der Waals surface area contributed by atoms with Crippen molar-refractivity contribution in [3.63, 3.8) is 0 Å². The van der Waals surface area contributed by atoms with Crippen LogP contribution in [0.25, 0.3) is 11.4 Å². The molecule has 1 amide bonds. The van der Waals surface area contributed by atoms with Gasteiger partial charge in [0.25, 0.3) is 5.91 Å². The van der Waals surface area contributed by atoms with Crippen molar-refractivity contribution in [1.82, 2.24) is 15.5 Å². The van der Waals surface area contributed by atoms with Crippen LogP contribution in [0.3, 0.4) is 0 Å². The first kappa shape index (κ1) is 16.6. The highest BCUT2D eigenvalue weighted by atomic mass is 79.9. The summed E-state index contributed by atoms with van der Waals surface area (Å²) in [4.78, 5) is 16.6. The molecule has 3 aromatic rings. The minimum absolute atomic E-state index is 0.112. The second kappa shape index (κ2) is 7.17. The number of fused-ring (bicyclic) bond motifs is 1. The van der Waals surface area contributed by atoms with Crippen LogP contribution in [-0.4, -0.2) is 28.8 Å². The summed E-state index contributed by atoms with van der Waals surface area (Å²) in [6.45, 7) is 0.261. The second-order valence-corrected chi connectivity index (χ2v) is 6.52. The van der Waals surface area contributed by atoms with E-state index in [4.69, 9.17) is 14.0 Å². The normalized spacial score (nSPS) is 15.5. The van der Waals surface area contributed by atoms with E-state index in [-0.39, 0.29) is 19.1 Å². The first-order chi connectivity index (χ1) is 12.7. The van der Waals surface area contributed by atoms with Crippen LogP contribution < -0.4 is 14.8 Å². The van der Waals surface area contributed by atoms with Crippen molar-refractivity contribution in [3.8, 4) is 22.9 Å². The van der Waals surface area contributed by atoms with Gasteiger partial charge >= 0.3 is 0 Å². The summed E-state index contributed by atoms with van der Waals surface area (Å²) < 4.78 is 17.3. The molecule has 1 aromatic heterocycles. The quantitative estimate of drug-likeness (QED) is 0.704. The van der Waals surface area contributed by atoms with Crippen molar-refractivity contribution < 1.29 is 18.8 Å². The molecule has 1 aliphatic rings. The van der Waals surface area contributed by atoms with Gasteiger partial charge in [-0.2, -0.15) is 4.98 Å². The van der Waals surface area contributed by atoms with Crippen molar-refractivity contribution in [2.75, 3.05) is 6.61 Å². The average molecular weight is 416 g/mol. The lowest BCUT2D eigenvalue weighted by molar-refractivity contribution is -0.130. The maximum Gasteiger partial charge on any atom is 0.265 e. The third kappa shape index (κ3) is 3.55. The molecule has 0 saturated heterocycles. The summed E-state index contributed by atoms with van der Waals surface area (Å²) in [6.07, 6.45) is -0.725. The van der Waals surface area contributed by atoms with Gasteiger partial charge in [0.1, 0.15) is 6.61 Å². The molecule has 0 spiro atoms. The fourth-order valence-corrected chi connectivity index (χ4v) is 2.90. The first-order valence-corrected chi connectivity index (χ1v) is 8.73. The van der Waals surface area contributed by atoms with Gasteiger partial charge < -0.3 is 19.3 Å². The Balaban J connectivity index is 1.37. The number of hydrogen-bond acceptors (Lipinski definition) is 6. The van der Waals surface area contributed by atoms with Crippen molar-refractivity contribution in [2.24, 2.45) is 0 Å². The van der Waals surface area contributed by atoms with Gasteiger partial charge in [-0.1, -0.05) is 45.4 Å². The Labute approximate surface area is 157 Å². The van der Waals surface area contributed by atoms with Crippen LogP contribution in [0, 0.1) is 0 Å². The Hall–Kier alpha value is -2.87. The molecule has 1 N–H and O–H groups in total. The molecule has 0 bridgehead atoms. The lowest BCUT2D eigenvalue weighted by Crippen LogP contribution is -2.43. The fourth-order valence-electron chi connectivity index (χ4n) is 2.50. The molecular formula is C18H14BrN3O4. The van der Waals surface area contributed by atoms with Crippen LogP contribution in [-0.2, 0) is 11.3 Å². The van der Waals surface area contributed by atoms with Crippen LogP contribution in [0.1, 0.15) is 5.89 Å². The molecule has 1 aliphatic heterocycles. The number of carbonyl (C=O) groups excluding carboxylic acids is 1. The topological polar surface area (TPSA) is 86.5 Å². The summed E-state index contributed by atoms with van der Waals surface area (Å²) in [5, 5.41) is 6.66. The van der Waals surface area contributed by atoms with E-state index in [1.54, 1.807) is 12.1 Å². The lowest BCUT2D eigenvalue weighted by atomic mass is 10.2. The number of nitrogens with zero attached hydrogens (tertiary/aromatic N) is 2. The standard InChI is InChI=1S/C18H14BrN3O4/c19-12-5-3-4-11(8-12)17-21-16(26-22-17)9-20-18(23)15-10-24-13-6-1-2-7-14(13)25-15/h1-8,15H,9-10H2,(H,20,23)/t15-/m0/s1. The smallest absolute Gasteiger partial charge is 0.265 e. The van der Waals surface area contributed by atoms with Gasteiger partial charge in [0.05, 0.1) is 6.54 Å². The van der Waals surface area contributed by atoms with E-state index in [1.807, 2.05) is 36.4 Å². The SMILES string of the molecule is O=C(NCc1nc(-c2cccc(Br)c2)no1)[C@@H]1COc2ccccc2O1. The number of carbonyl (C=O) groups is 1. The van der Waals surface area contributed by atoms with Gasteiger partial charge in [0, 0.05) is 10.0 Å². The molecule has 4 rings (SSSR count). The largest absolute Gasteiger partial charge is 0.485 e. The minimum Gasteiger partial charge on any atom is -0.485 e. The molecule has 0 saturated carbocycles. The van der Waals surface area contributed by atoms with E-state index in [1.165, 1.54) is 0 Å². The van der Waals surface area contributed by atoms with Gasteiger partial charge in [0.15, 0.2) is 11.5 Å². The zero-order chi connectivity index (χ0) is 17.9. The van der Waals surface area contributed by atoms with E-state index >= 15 is 0 Å². The second-order valence-electron chi connectivity index (χ2n) is 5.60. The fraction of sp³-hybridized carbons (Fsp3) is 0.167. The highest BCUT2D eigenvalue weighted by molar-refractivity contribution is 9.10.